The van der Waals surface area contributed by atoms with E-state index in [4.69, 9.17) is 4.74 Å². The minimum atomic E-state index is -2.65. The first-order valence-electron chi connectivity index (χ1n) is 14.1. The maximum Gasteiger partial charge on any atom is 0.255 e. The summed E-state index contributed by atoms with van der Waals surface area (Å²) in [6, 6.07) is 19.1. The number of anilines is 3. The largest absolute Gasteiger partial charge is 0.438 e. The molecule has 6 rings (SSSR count). The Morgan fingerprint density at radius 3 is 2.45 bits per heavy atom. The number of halogens is 3. The molecule has 3 aromatic carbocycles. The SMILES string of the molecule is C=Ic1cc(C(=O)Nc2ccc(Oc3ccnc(N4CCC(F)(F)CC4)n3)c3ccccc23)cc(N2CCCCC2)c1. The lowest BCUT2D eigenvalue weighted by atomic mass is 10.1. The van der Waals surface area contributed by atoms with Crippen molar-refractivity contribution in [3.05, 3.63) is 76.0 Å². The van der Waals surface area contributed by atoms with Crippen molar-refractivity contribution in [3.63, 3.8) is 0 Å². The molecule has 218 valence electrons. The third-order valence-electron chi connectivity index (χ3n) is 7.76. The number of rotatable bonds is 7. The summed E-state index contributed by atoms with van der Waals surface area (Å²) in [6.07, 6.45) is 4.70. The molecule has 7 nitrogen and oxygen atoms in total. The maximum absolute atomic E-state index is 13.6. The molecule has 2 saturated heterocycles. The molecule has 0 saturated carbocycles. The van der Waals surface area contributed by atoms with Crippen LogP contribution in [0.5, 0.6) is 11.6 Å². The molecule has 4 aromatic rings. The summed E-state index contributed by atoms with van der Waals surface area (Å²) in [7, 11) is 0. The van der Waals surface area contributed by atoms with Crippen LogP contribution in [0.4, 0.5) is 26.1 Å². The van der Waals surface area contributed by atoms with Crippen LogP contribution in [-0.2, 0) is 0 Å². The third-order valence-corrected chi connectivity index (χ3v) is 9.27. The van der Waals surface area contributed by atoms with Crippen molar-refractivity contribution in [2.45, 2.75) is 38.0 Å². The number of hydrogen-bond acceptors (Lipinski definition) is 6. The highest BCUT2D eigenvalue weighted by molar-refractivity contribution is 14.2. The average molecular weight is 684 g/mol. The predicted molar refractivity (Wildman–Crippen MR) is 173 cm³/mol. The number of hydrogen-bond donors (Lipinski definition) is 1. The summed E-state index contributed by atoms with van der Waals surface area (Å²) < 4.78 is 38.7. The minimum Gasteiger partial charge on any atom is -0.438 e. The second-order valence-corrected chi connectivity index (χ2v) is 12.6. The van der Waals surface area contributed by atoms with Crippen molar-refractivity contribution in [3.8, 4) is 11.6 Å². The van der Waals surface area contributed by atoms with Gasteiger partial charge in [-0.25, -0.2) is 13.8 Å². The van der Waals surface area contributed by atoms with E-state index < -0.39 is 26.7 Å². The van der Waals surface area contributed by atoms with Crippen LogP contribution in [0.3, 0.4) is 0 Å². The molecule has 42 heavy (non-hydrogen) atoms. The minimum absolute atomic E-state index is 0.168. The fourth-order valence-electron chi connectivity index (χ4n) is 5.47. The van der Waals surface area contributed by atoms with E-state index >= 15 is 0 Å². The molecule has 1 amide bonds. The van der Waals surface area contributed by atoms with Gasteiger partial charge in [-0.05, 0) is 49.6 Å². The lowest BCUT2D eigenvalue weighted by Gasteiger charge is -2.31. The molecule has 0 unspecified atom stereocenters. The van der Waals surface area contributed by atoms with Gasteiger partial charge in [-0.3, -0.25) is 4.79 Å². The summed E-state index contributed by atoms with van der Waals surface area (Å²) in [5.74, 6) is -1.56. The second kappa shape index (κ2) is 12.3. The molecule has 0 spiro atoms. The van der Waals surface area contributed by atoms with Crippen molar-refractivity contribution >= 4 is 59.2 Å². The topological polar surface area (TPSA) is 70.6 Å². The summed E-state index contributed by atoms with van der Waals surface area (Å²) in [6.45, 7) is 2.39. The van der Waals surface area contributed by atoms with E-state index in [0.717, 1.165) is 33.1 Å². The van der Waals surface area contributed by atoms with Gasteiger partial charge in [0.25, 0.3) is 11.8 Å². The zero-order valence-corrected chi connectivity index (χ0v) is 25.3. The highest BCUT2D eigenvalue weighted by Crippen LogP contribution is 2.35. The zero-order chi connectivity index (χ0) is 29.1. The Hall–Kier alpha value is -3.67. The first kappa shape index (κ1) is 28.4. The Morgan fingerprint density at radius 1 is 0.929 bits per heavy atom. The Kier molecular flexibility index (Phi) is 8.32. The van der Waals surface area contributed by atoms with Crippen LogP contribution >= 0.6 is 20.7 Å². The molecule has 0 atom stereocenters. The molecular weight excluding hydrogens is 651 g/mol. The fraction of sp³-hybridized carbons (Fsp3) is 0.312. The monoisotopic (exact) mass is 683 g/mol. The number of carbonyl (C=O) groups excluding carboxylic acids is 1. The molecule has 0 aliphatic carbocycles. The van der Waals surface area contributed by atoms with Gasteiger partial charge in [0.2, 0.25) is 11.8 Å². The number of piperidine rings is 2. The van der Waals surface area contributed by atoms with Gasteiger partial charge >= 0.3 is 0 Å². The Labute approximate surface area is 253 Å². The van der Waals surface area contributed by atoms with E-state index in [1.54, 1.807) is 23.2 Å². The lowest BCUT2D eigenvalue weighted by Crippen LogP contribution is -2.40. The summed E-state index contributed by atoms with van der Waals surface area (Å²) in [4.78, 5) is 26.4. The van der Waals surface area contributed by atoms with Gasteiger partial charge in [0.1, 0.15) is 5.75 Å². The maximum atomic E-state index is 13.6. The van der Waals surface area contributed by atoms with Crippen LogP contribution in [-0.4, -0.2) is 52.5 Å². The van der Waals surface area contributed by atoms with E-state index in [1.165, 1.54) is 19.3 Å². The van der Waals surface area contributed by atoms with Gasteiger partial charge in [0.05, 0.1) is 0 Å². The van der Waals surface area contributed by atoms with Crippen LogP contribution in [0.1, 0.15) is 42.5 Å². The van der Waals surface area contributed by atoms with Crippen molar-refractivity contribution in [1.82, 2.24) is 9.97 Å². The molecule has 1 aromatic heterocycles. The summed E-state index contributed by atoms with van der Waals surface area (Å²) >= 11 is -0.423. The Balaban J connectivity index is 1.24. The van der Waals surface area contributed by atoms with Crippen molar-refractivity contribution in [2.75, 3.05) is 41.3 Å². The molecule has 2 aliphatic heterocycles. The molecule has 2 fully saturated rings. The van der Waals surface area contributed by atoms with E-state index in [9.17, 15) is 13.6 Å². The van der Waals surface area contributed by atoms with Crippen LogP contribution in [0.25, 0.3) is 10.8 Å². The quantitative estimate of drug-likeness (QED) is 0.204. The molecule has 10 heteroatoms. The Bertz CT molecular complexity index is 1620. The predicted octanol–water partition coefficient (Wildman–Crippen LogP) is 7.47. The van der Waals surface area contributed by atoms with Gasteiger partial charge in [-0.15, -0.1) is 0 Å². The highest BCUT2D eigenvalue weighted by Gasteiger charge is 2.34. The van der Waals surface area contributed by atoms with Crippen LogP contribution < -0.4 is 19.9 Å². The molecule has 3 heterocycles. The molecular formula is C32H32F2IN5O2. The van der Waals surface area contributed by atoms with E-state index in [-0.39, 0.29) is 31.8 Å². The highest BCUT2D eigenvalue weighted by atomic mass is 127. The third kappa shape index (κ3) is 6.38. The average Bonchev–Trinajstić information content (AvgIpc) is 3.02. The molecule has 1 N–H and O–H groups in total. The fourth-order valence-corrected chi connectivity index (χ4v) is 6.56. The van der Waals surface area contributed by atoms with E-state index in [2.05, 4.69) is 30.8 Å². The van der Waals surface area contributed by atoms with Crippen LogP contribution in [0, 0.1) is 3.57 Å². The molecule has 0 bridgehead atoms. The van der Waals surface area contributed by atoms with Crippen molar-refractivity contribution in [2.24, 2.45) is 0 Å². The molecule has 0 radical (unpaired) electrons. The van der Waals surface area contributed by atoms with Crippen LogP contribution in [0.2, 0.25) is 0 Å². The number of aromatic nitrogens is 2. The normalized spacial score (nSPS) is 16.8. The summed E-state index contributed by atoms with van der Waals surface area (Å²) in [5.41, 5.74) is 2.40. The van der Waals surface area contributed by atoms with Crippen molar-refractivity contribution in [1.29, 1.82) is 0 Å². The van der Waals surface area contributed by atoms with E-state index in [0.29, 0.717) is 28.8 Å². The number of nitrogens with one attached hydrogen (secondary N) is 1. The lowest BCUT2D eigenvalue weighted by molar-refractivity contribution is -0.0222. The number of fused-ring (bicyclic) bond motifs is 1. The number of alkyl halides is 2. The number of carbonyl (C=O) groups is 1. The number of nitrogens with zero attached hydrogens (tertiary/aromatic N) is 4. The second-order valence-electron chi connectivity index (χ2n) is 10.6. The first-order chi connectivity index (χ1) is 20.4. The van der Waals surface area contributed by atoms with Gasteiger partial charge in [0.15, 0.2) is 0 Å². The van der Waals surface area contributed by atoms with Crippen molar-refractivity contribution < 1.29 is 18.3 Å². The summed E-state index contributed by atoms with van der Waals surface area (Å²) in [5, 5.41) is 4.75. The zero-order valence-electron chi connectivity index (χ0n) is 23.2. The number of amides is 1. The number of ether oxygens (including phenoxy) is 1. The molecule has 2 aliphatic rings. The number of benzene rings is 3. The van der Waals surface area contributed by atoms with Crippen LogP contribution in [0.15, 0.2) is 66.9 Å². The standard InChI is InChI=1S/C32H32F2IN5O2/c1-35-23-19-22(20-24(21-23)39-15-5-2-6-16-39)30(41)37-27-9-10-28(26-8-4-3-7-25(26)27)42-29-11-14-36-31(38-29)40-17-12-32(33,34)13-18-40/h3-4,7-11,14,19-21H,1-2,5-6,12-13,15-18H2,(H,37,41). The van der Waals surface area contributed by atoms with E-state index in [1.807, 2.05) is 42.5 Å². The van der Waals surface area contributed by atoms with Gasteiger partial charge in [-0.2, -0.15) is 4.98 Å². The Morgan fingerprint density at radius 2 is 1.69 bits per heavy atom. The van der Waals surface area contributed by atoms with Gasteiger partial charge in [-0.1, -0.05) is 49.5 Å². The smallest absolute Gasteiger partial charge is 0.255 e. The first-order valence-corrected chi connectivity index (χ1v) is 16.7. The van der Waals surface area contributed by atoms with Gasteiger partial charge in [0, 0.05) is 82.6 Å². The van der Waals surface area contributed by atoms with Gasteiger partial charge < -0.3 is 19.9 Å².